The molecule has 0 spiro atoms. The van der Waals surface area contributed by atoms with E-state index < -0.39 is 0 Å². The first kappa shape index (κ1) is 11.7. The second kappa shape index (κ2) is 6.18. The highest BCUT2D eigenvalue weighted by Crippen LogP contribution is 2.27. The van der Waals surface area contributed by atoms with Gasteiger partial charge < -0.3 is 4.74 Å². The lowest BCUT2D eigenvalue weighted by atomic mass is 9.82. The monoisotopic (exact) mass is 198 g/mol. The van der Waals surface area contributed by atoms with E-state index in [9.17, 15) is 4.79 Å². The van der Waals surface area contributed by atoms with E-state index in [1.807, 2.05) is 0 Å². The van der Waals surface area contributed by atoms with Gasteiger partial charge in [0.25, 0.3) is 0 Å². The minimum Gasteiger partial charge on any atom is -0.381 e. The molecule has 1 aliphatic rings. The van der Waals surface area contributed by atoms with Crippen molar-refractivity contribution in [2.24, 2.45) is 5.92 Å². The summed E-state index contributed by atoms with van der Waals surface area (Å²) in [7, 11) is 1.74. The summed E-state index contributed by atoms with van der Waals surface area (Å²) >= 11 is 0. The van der Waals surface area contributed by atoms with E-state index in [2.05, 4.69) is 6.92 Å². The predicted molar refractivity (Wildman–Crippen MR) is 57.3 cm³/mol. The van der Waals surface area contributed by atoms with Gasteiger partial charge in [0.1, 0.15) is 5.78 Å². The minimum atomic E-state index is 0.183. The van der Waals surface area contributed by atoms with E-state index in [1.165, 1.54) is 19.3 Å². The summed E-state index contributed by atoms with van der Waals surface area (Å²) in [6.45, 7) is 2.18. The molecule has 14 heavy (non-hydrogen) atoms. The lowest BCUT2D eigenvalue weighted by Gasteiger charge is -2.27. The van der Waals surface area contributed by atoms with E-state index in [-0.39, 0.29) is 12.0 Å². The third kappa shape index (κ3) is 3.09. The largest absolute Gasteiger partial charge is 0.381 e. The topological polar surface area (TPSA) is 26.3 Å². The van der Waals surface area contributed by atoms with E-state index >= 15 is 0 Å². The number of carbonyl (C=O) groups is 1. The van der Waals surface area contributed by atoms with Crippen molar-refractivity contribution in [1.82, 2.24) is 0 Å². The summed E-state index contributed by atoms with van der Waals surface area (Å²) in [5, 5.41) is 0. The van der Waals surface area contributed by atoms with Crippen LogP contribution in [0, 0.1) is 5.92 Å². The summed E-state index contributed by atoms with van der Waals surface area (Å²) < 4.78 is 5.44. The summed E-state index contributed by atoms with van der Waals surface area (Å²) in [4.78, 5) is 11.7. The van der Waals surface area contributed by atoms with Gasteiger partial charge in [-0.2, -0.15) is 0 Å². The molecule has 1 saturated carbocycles. The van der Waals surface area contributed by atoms with Crippen LogP contribution < -0.4 is 0 Å². The number of rotatable bonds is 5. The van der Waals surface area contributed by atoms with Gasteiger partial charge in [-0.15, -0.1) is 0 Å². The maximum atomic E-state index is 11.7. The van der Waals surface area contributed by atoms with Gasteiger partial charge in [0.05, 0.1) is 6.10 Å². The Morgan fingerprint density at radius 3 is 2.86 bits per heavy atom. The fraction of sp³-hybridized carbons (Fsp3) is 0.917. The molecule has 1 aliphatic carbocycles. The first-order valence-corrected chi connectivity index (χ1v) is 5.85. The molecule has 0 aliphatic heterocycles. The molecule has 0 bridgehead atoms. The summed E-state index contributed by atoms with van der Waals surface area (Å²) in [5.41, 5.74) is 0. The van der Waals surface area contributed by atoms with Crippen LogP contribution in [0.15, 0.2) is 0 Å². The molecular formula is C12H22O2. The molecule has 0 saturated heterocycles. The standard InChI is InChI=1S/C12H22O2/c1-3-4-9-12(14-2)10-7-5-6-8-11(10)13/h10,12H,3-9H2,1-2H3. The van der Waals surface area contributed by atoms with Gasteiger partial charge >= 0.3 is 0 Å². The van der Waals surface area contributed by atoms with Crippen molar-refractivity contribution in [3.05, 3.63) is 0 Å². The highest BCUT2D eigenvalue weighted by atomic mass is 16.5. The lowest BCUT2D eigenvalue weighted by Crippen LogP contribution is -2.32. The molecule has 1 fully saturated rings. The Morgan fingerprint density at radius 2 is 2.29 bits per heavy atom. The number of unbranched alkanes of at least 4 members (excludes halogenated alkanes) is 1. The number of Topliss-reactive ketones (excluding diaryl/α,β-unsaturated/α-hetero) is 1. The Labute approximate surface area is 87.0 Å². The SMILES string of the molecule is CCCCC(OC)C1CCCCC1=O. The molecule has 2 heteroatoms. The Balaban J connectivity index is 2.44. The number of hydrogen-bond acceptors (Lipinski definition) is 2. The highest BCUT2D eigenvalue weighted by Gasteiger charge is 2.29. The van der Waals surface area contributed by atoms with Gasteiger partial charge in [-0.05, 0) is 19.3 Å². The van der Waals surface area contributed by atoms with Gasteiger partial charge in [0.15, 0.2) is 0 Å². The molecule has 0 N–H and O–H groups in total. The highest BCUT2D eigenvalue weighted by molar-refractivity contribution is 5.82. The van der Waals surface area contributed by atoms with Crippen molar-refractivity contribution >= 4 is 5.78 Å². The summed E-state index contributed by atoms with van der Waals surface area (Å²) in [6.07, 6.45) is 7.68. The second-order valence-corrected chi connectivity index (χ2v) is 4.23. The first-order valence-electron chi connectivity index (χ1n) is 5.85. The van der Waals surface area contributed by atoms with Gasteiger partial charge in [-0.3, -0.25) is 4.79 Å². The lowest BCUT2D eigenvalue weighted by molar-refractivity contribution is -0.129. The molecule has 82 valence electrons. The van der Waals surface area contributed by atoms with Crippen LogP contribution in [-0.2, 0) is 9.53 Å². The quantitative estimate of drug-likeness (QED) is 0.679. The molecule has 2 unspecified atom stereocenters. The Kier molecular flexibility index (Phi) is 5.16. The van der Waals surface area contributed by atoms with Crippen LogP contribution in [0.5, 0.6) is 0 Å². The van der Waals surface area contributed by atoms with Crippen molar-refractivity contribution in [2.75, 3.05) is 7.11 Å². The number of hydrogen-bond donors (Lipinski definition) is 0. The number of ketones is 1. The van der Waals surface area contributed by atoms with Gasteiger partial charge in [0.2, 0.25) is 0 Å². The minimum absolute atomic E-state index is 0.183. The molecule has 0 amide bonds. The van der Waals surface area contributed by atoms with Crippen LogP contribution in [0.25, 0.3) is 0 Å². The average molecular weight is 198 g/mol. The zero-order valence-corrected chi connectivity index (χ0v) is 9.42. The Hall–Kier alpha value is -0.370. The predicted octanol–water partition coefficient (Wildman–Crippen LogP) is 2.95. The second-order valence-electron chi connectivity index (χ2n) is 4.23. The van der Waals surface area contributed by atoms with Crippen LogP contribution in [-0.4, -0.2) is 19.0 Å². The molecule has 0 aromatic carbocycles. The maximum Gasteiger partial charge on any atom is 0.138 e. The Bertz CT molecular complexity index is 177. The molecule has 2 atom stereocenters. The van der Waals surface area contributed by atoms with Gasteiger partial charge in [0, 0.05) is 19.4 Å². The number of ether oxygens (including phenoxy) is 1. The molecule has 0 aromatic heterocycles. The first-order chi connectivity index (χ1) is 6.79. The average Bonchev–Trinajstić information content (AvgIpc) is 2.21. The number of methoxy groups -OCH3 is 1. The van der Waals surface area contributed by atoms with Crippen LogP contribution in [0.1, 0.15) is 51.9 Å². The summed E-state index contributed by atoms with van der Waals surface area (Å²) in [6, 6.07) is 0. The molecular weight excluding hydrogens is 176 g/mol. The summed E-state index contributed by atoms with van der Waals surface area (Å²) in [5.74, 6) is 0.625. The fourth-order valence-corrected chi connectivity index (χ4v) is 2.29. The third-order valence-corrected chi connectivity index (χ3v) is 3.20. The van der Waals surface area contributed by atoms with Crippen molar-refractivity contribution in [2.45, 2.75) is 58.0 Å². The van der Waals surface area contributed by atoms with Gasteiger partial charge in [-0.25, -0.2) is 0 Å². The van der Waals surface area contributed by atoms with Crippen molar-refractivity contribution in [3.8, 4) is 0 Å². The van der Waals surface area contributed by atoms with E-state index in [4.69, 9.17) is 4.74 Å². The molecule has 1 rings (SSSR count). The Morgan fingerprint density at radius 1 is 1.50 bits per heavy atom. The van der Waals surface area contributed by atoms with E-state index in [1.54, 1.807) is 7.11 Å². The number of carbonyl (C=O) groups excluding carboxylic acids is 1. The van der Waals surface area contributed by atoms with Crippen LogP contribution in [0.2, 0.25) is 0 Å². The van der Waals surface area contributed by atoms with Crippen LogP contribution in [0.3, 0.4) is 0 Å². The molecule has 0 heterocycles. The van der Waals surface area contributed by atoms with Crippen molar-refractivity contribution in [1.29, 1.82) is 0 Å². The van der Waals surface area contributed by atoms with Crippen LogP contribution in [0.4, 0.5) is 0 Å². The normalized spacial score (nSPS) is 25.0. The van der Waals surface area contributed by atoms with Crippen molar-refractivity contribution < 1.29 is 9.53 Å². The molecule has 0 aromatic rings. The maximum absolute atomic E-state index is 11.7. The van der Waals surface area contributed by atoms with Crippen molar-refractivity contribution in [3.63, 3.8) is 0 Å². The molecule has 2 nitrogen and oxygen atoms in total. The zero-order valence-electron chi connectivity index (χ0n) is 9.42. The third-order valence-electron chi connectivity index (χ3n) is 3.20. The zero-order chi connectivity index (χ0) is 10.4. The van der Waals surface area contributed by atoms with E-state index in [0.29, 0.717) is 5.78 Å². The van der Waals surface area contributed by atoms with Gasteiger partial charge in [-0.1, -0.05) is 26.2 Å². The smallest absolute Gasteiger partial charge is 0.138 e. The molecule has 0 radical (unpaired) electrons. The van der Waals surface area contributed by atoms with Crippen LogP contribution >= 0.6 is 0 Å². The fourth-order valence-electron chi connectivity index (χ4n) is 2.29. The van der Waals surface area contributed by atoms with E-state index in [0.717, 1.165) is 25.7 Å².